The third-order valence-electron chi connectivity index (χ3n) is 10.8. The molecule has 11 heteroatoms. The molecule has 0 bridgehead atoms. The van der Waals surface area contributed by atoms with E-state index in [0.717, 1.165) is 49.3 Å². The lowest BCUT2D eigenvalue weighted by Crippen LogP contribution is -2.52. The topological polar surface area (TPSA) is 161 Å². The highest BCUT2D eigenvalue weighted by Crippen LogP contribution is 2.53. The third kappa shape index (κ3) is 6.48. The monoisotopic (exact) mass is 686 g/mol. The Kier molecular flexibility index (Phi) is 9.13. The number of fused-ring (bicyclic) bond motifs is 4. The highest BCUT2D eigenvalue weighted by atomic mass is 16.7. The van der Waals surface area contributed by atoms with Crippen LogP contribution in [0.25, 0.3) is 11.0 Å². The predicted molar refractivity (Wildman–Crippen MR) is 190 cm³/mol. The van der Waals surface area contributed by atoms with E-state index in [4.69, 9.17) is 24.4 Å². The number of hydrogen-bond donors (Lipinski definition) is 5. The fourth-order valence-corrected chi connectivity index (χ4v) is 8.18. The van der Waals surface area contributed by atoms with Gasteiger partial charge in [0.25, 0.3) is 0 Å². The summed E-state index contributed by atoms with van der Waals surface area (Å²) in [6.07, 6.45) is 15.1. The number of esters is 1. The van der Waals surface area contributed by atoms with E-state index in [0.29, 0.717) is 48.6 Å². The molecule has 6 heterocycles. The smallest absolute Gasteiger partial charge is 0.341 e. The van der Waals surface area contributed by atoms with E-state index in [-0.39, 0.29) is 40.2 Å². The molecule has 0 saturated carbocycles. The summed E-state index contributed by atoms with van der Waals surface area (Å²) in [5.74, 6) is 1.59. The van der Waals surface area contributed by atoms with E-state index in [9.17, 15) is 14.7 Å². The number of benzene rings is 1. The number of ether oxygens (including phenoxy) is 3. The first-order valence-corrected chi connectivity index (χ1v) is 18.2. The molecule has 7 rings (SSSR count). The molecule has 11 nitrogen and oxygen atoms in total. The number of phenolic OH excluding ortho intramolecular Hbond substituents is 1. The molecule has 5 aliphatic heterocycles. The summed E-state index contributed by atoms with van der Waals surface area (Å²) < 4.78 is 24.8. The van der Waals surface area contributed by atoms with Crippen molar-refractivity contribution in [3.63, 3.8) is 0 Å². The van der Waals surface area contributed by atoms with Crippen molar-refractivity contribution in [3.05, 3.63) is 80.8 Å². The van der Waals surface area contributed by atoms with Crippen molar-refractivity contribution < 1.29 is 28.5 Å². The van der Waals surface area contributed by atoms with Gasteiger partial charge in [-0.2, -0.15) is 0 Å². The van der Waals surface area contributed by atoms with Crippen molar-refractivity contribution in [2.75, 3.05) is 13.1 Å². The first-order chi connectivity index (χ1) is 24.0. The predicted octanol–water partition coefficient (Wildman–Crippen LogP) is 5.31. The zero-order valence-corrected chi connectivity index (χ0v) is 29.5. The van der Waals surface area contributed by atoms with Gasteiger partial charge in [-0.1, -0.05) is 38.3 Å². The Morgan fingerprint density at radius 2 is 1.98 bits per heavy atom. The lowest BCUT2D eigenvalue weighted by Gasteiger charge is -2.44. The van der Waals surface area contributed by atoms with Crippen molar-refractivity contribution in [2.24, 2.45) is 5.73 Å². The van der Waals surface area contributed by atoms with Gasteiger partial charge in [0.1, 0.15) is 39.9 Å². The zero-order valence-electron chi connectivity index (χ0n) is 29.5. The summed E-state index contributed by atoms with van der Waals surface area (Å²) >= 11 is 0. The highest BCUT2D eigenvalue weighted by Gasteiger charge is 2.64. The summed E-state index contributed by atoms with van der Waals surface area (Å²) in [6.45, 7) is 9.35. The van der Waals surface area contributed by atoms with Crippen LogP contribution in [-0.4, -0.2) is 53.6 Å². The van der Waals surface area contributed by atoms with Crippen molar-refractivity contribution in [3.8, 4) is 11.5 Å². The minimum Gasteiger partial charge on any atom is -0.507 e. The Morgan fingerprint density at radius 1 is 1.14 bits per heavy atom. The number of nitrogens with two attached hydrogens (primary N) is 1. The van der Waals surface area contributed by atoms with E-state index in [2.05, 4.69) is 41.1 Å². The van der Waals surface area contributed by atoms with E-state index in [1.807, 2.05) is 19.9 Å². The molecule has 268 valence electrons. The maximum absolute atomic E-state index is 14.0. The van der Waals surface area contributed by atoms with E-state index < -0.39 is 23.3 Å². The molecule has 2 aromatic rings. The molecule has 5 atom stereocenters. The molecule has 5 aliphatic rings. The molecule has 2 fully saturated rings. The Morgan fingerprint density at radius 3 is 2.80 bits per heavy atom. The molecule has 5 unspecified atom stereocenters. The average Bonchev–Trinajstić information content (AvgIpc) is 3.77. The van der Waals surface area contributed by atoms with Gasteiger partial charge in [0, 0.05) is 36.7 Å². The largest absolute Gasteiger partial charge is 0.507 e. The van der Waals surface area contributed by atoms with Crippen LogP contribution in [0.2, 0.25) is 0 Å². The molecule has 0 radical (unpaired) electrons. The number of epoxide rings is 1. The number of dihydropyridines is 2. The number of phenols is 1. The standard InChI is InChI=1S/C39H50N4O7/c1-5-6-9-15-41-32-20-24(13-16-42-32)26-18-23(19-31(40)43-26)11-12-30-39(50-30)14-8-7-10-25-33-29(49-38(3,4)36(25)48-37(39)46)21-28-34(35(33)45)27(44)17-22(2)47-28/h13,17-21,25-26,30,36,41-43,45H,5-12,14-16,40H2,1-4H3. The maximum Gasteiger partial charge on any atom is 0.341 e. The molecule has 0 aliphatic carbocycles. The number of allylic oxidation sites excluding steroid dienone is 2. The van der Waals surface area contributed by atoms with Gasteiger partial charge >= 0.3 is 5.97 Å². The molecular weight excluding hydrogens is 636 g/mol. The van der Waals surface area contributed by atoms with Crippen LogP contribution < -0.4 is 31.8 Å². The Labute approximate surface area is 293 Å². The summed E-state index contributed by atoms with van der Waals surface area (Å²) in [6, 6.07) is 2.99. The minimum absolute atomic E-state index is 0.0502. The number of carbonyl (C=O) groups excluding carboxylic acids is 1. The van der Waals surface area contributed by atoms with Gasteiger partial charge in [0.15, 0.2) is 11.0 Å². The molecule has 0 amide bonds. The van der Waals surface area contributed by atoms with Gasteiger partial charge in [0.2, 0.25) is 0 Å². The van der Waals surface area contributed by atoms with Gasteiger partial charge in [-0.05, 0) is 82.6 Å². The van der Waals surface area contributed by atoms with E-state index in [1.165, 1.54) is 18.9 Å². The number of aromatic hydroxyl groups is 1. The lowest BCUT2D eigenvalue weighted by molar-refractivity contribution is -0.170. The van der Waals surface area contributed by atoms with Gasteiger partial charge in [-0.25, -0.2) is 4.79 Å². The fourth-order valence-electron chi connectivity index (χ4n) is 8.18. The third-order valence-corrected chi connectivity index (χ3v) is 10.8. The number of rotatable bonds is 9. The maximum atomic E-state index is 14.0. The molecular formula is C39H50N4O7. The van der Waals surface area contributed by atoms with Crippen molar-refractivity contribution in [2.45, 2.75) is 121 Å². The van der Waals surface area contributed by atoms with Crippen LogP contribution in [0, 0.1) is 6.92 Å². The van der Waals surface area contributed by atoms with Crippen LogP contribution in [0.15, 0.2) is 68.4 Å². The summed E-state index contributed by atoms with van der Waals surface area (Å²) in [5.41, 5.74) is 7.11. The zero-order chi connectivity index (χ0) is 35.2. The molecule has 50 heavy (non-hydrogen) atoms. The van der Waals surface area contributed by atoms with Crippen LogP contribution in [0.4, 0.5) is 0 Å². The molecule has 1 aromatic carbocycles. The van der Waals surface area contributed by atoms with Crippen molar-refractivity contribution in [1.29, 1.82) is 0 Å². The van der Waals surface area contributed by atoms with Gasteiger partial charge < -0.3 is 45.4 Å². The first-order valence-electron chi connectivity index (χ1n) is 18.2. The molecule has 1 aromatic heterocycles. The summed E-state index contributed by atoms with van der Waals surface area (Å²) in [7, 11) is 0. The van der Waals surface area contributed by atoms with Gasteiger partial charge in [-0.15, -0.1) is 0 Å². The normalized spacial score (nSPS) is 28.4. The van der Waals surface area contributed by atoms with E-state index in [1.54, 1.807) is 13.0 Å². The van der Waals surface area contributed by atoms with Gasteiger partial charge in [-0.3, -0.25) is 4.79 Å². The van der Waals surface area contributed by atoms with E-state index >= 15 is 0 Å². The molecule has 1 spiro atoms. The van der Waals surface area contributed by atoms with Crippen LogP contribution >= 0.6 is 0 Å². The van der Waals surface area contributed by atoms with Crippen LogP contribution in [-0.2, 0) is 14.3 Å². The Hall–Kier alpha value is -4.38. The van der Waals surface area contributed by atoms with Crippen LogP contribution in [0.3, 0.4) is 0 Å². The Balaban J connectivity index is 1.06. The number of unbranched alkanes of at least 4 members (excludes halogenated alkanes) is 2. The van der Waals surface area contributed by atoms with Crippen LogP contribution in [0.5, 0.6) is 11.5 Å². The van der Waals surface area contributed by atoms with Crippen molar-refractivity contribution >= 4 is 16.9 Å². The quantitative estimate of drug-likeness (QED) is 0.132. The second-order valence-electron chi connectivity index (χ2n) is 14.9. The number of hydrogen-bond acceptors (Lipinski definition) is 11. The highest BCUT2D eigenvalue weighted by molar-refractivity contribution is 5.88. The number of carbonyl (C=O) groups is 1. The second kappa shape index (κ2) is 13.4. The Bertz CT molecular complexity index is 1860. The molecule has 6 N–H and O–H groups in total. The first kappa shape index (κ1) is 34.1. The summed E-state index contributed by atoms with van der Waals surface area (Å²) in [5, 5.41) is 21.9. The fraction of sp³-hybridized carbons (Fsp3) is 0.538. The van der Waals surface area contributed by atoms with Crippen molar-refractivity contribution in [1.82, 2.24) is 16.0 Å². The second-order valence-corrected chi connectivity index (χ2v) is 14.9. The van der Waals surface area contributed by atoms with Crippen LogP contribution in [0.1, 0.15) is 95.8 Å². The number of aryl methyl sites for hydroxylation is 1. The SMILES string of the molecule is CCCCCNC1=CC(C2C=C(CCC3OC34CCCCC3c5c(cc6oc(C)cc(=O)c6c5O)OC(C)(C)C3OC4=O)C=C(N)N2)=CCN1. The van der Waals surface area contributed by atoms with Gasteiger partial charge in [0.05, 0.1) is 23.8 Å². The summed E-state index contributed by atoms with van der Waals surface area (Å²) in [4.78, 5) is 27.0. The average molecular weight is 687 g/mol. The molecule has 2 saturated heterocycles. The lowest BCUT2D eigenvalue weighted by atomic mass is 9.77. The number of nitrogens with one attached hydrogen (secondary N) is 3. The minimum atomic E-state index is -1.02.